The first-order valence-corrected chi connectivity index (χ1v) is 4.46. The predicted octanol–water partition coefficient (Wildman–Crippen LogP) is 1.22. The molecule has 0 fully saturated rings. The van der Waals surface area contributed by atoms with Gasteiger partial charge < -0.3 is 4.74 Å². The Kier molecular flexibility index (Phi) is 3.99. The van der Waals surface area contributed by atoms with Crippen molar-refractivity contribution >= 4 is 0 Å². The molecule has 0 aliphatic carbocycles. The Morgan fingerprint density at radius 3 is 3.00 bits per heavy atom. The monoisotopic (exact) mass is 190 g/mol. The van der Waals surface area contributed by atoms with E-state index in [-0.39, 0.29) is 6.04 Å². The van der Waals surface area contributed by atoms with Crippen LogP contribution in [0.1, 0.15) is 18.5 Å². The molecule has 14 heavy (non-hydrogen) atoms. The zero-order valence-corrected chi connectivity index (χ0v) is 8.16. The molecule has 0 saturated heterocycles. The van der Waals surface area contributed by atoms with Crippen LogP contribution in [0.25, 0.3) is 0 Å². The Balaban J connectivity index is 2.88. The van der Waals surface area contributed by atoms with Gasteiger partial charge in [-0.25, -0.2) is 5.43 Å². The van der Waals surface area contributed by atoms with Gasteiger partial charge in [-0.3, -0.25) is 5.84 Å². The zero-order chi connectivity index (χ0) is 10.4. The highest BCUT2D eigenvalue weighted by Crippen LogP contribution is 2.18. The van der Waals surface area contributed by atoms with E-state index in [1.54, 1.807) is 0 Å². The molecule has 1 aromatic rings. The summed E-state index contributed by atoms with van der Waals surface area (Å²) in [6.45, 7) is 2.58. The van der Waals surface area contributed by atoms with Gasteiger partial charge in [-0.05, 0) is 24.6 Å². The minimum absolute atomic E-state index is 0.268. The number of benzene rings is 1. The second kappa shape index (κ2) is 5.28. The molecule has 0 aliphatic rings. The third-order valence-electron chi connectivity index (χ3n) is 1.84. The van der Waals surface area contributed by atoms with Crippen LogP contribution in [0.5, 0.6) is 5.75 Å². The highest BCUT2D eigenvalue weighted by atomic mass is 16.5. The fourth-order valence-corrected chi connectivity index (χ4v) is 1.19. The smallest absolute Gasteiger partial charge is 0.119 e. The van der Waals surface area contributed by atoms with Crippen LogP contribution in [0.15, 0.2) is 24.3 Å². The van der Waals surface area contributed by atoms with E-state index in [9.17, 15) is 0 Å². The second-order valence-electron chi connectivity index (χ2n) is 2.77. The number of hydrogen-bond donors (Lipinski definition) is 2. The first-order chi connectivity index (χ1) is 6.81. The number of hydrazine groups is 1. The first kappa shape index (κ1) is 10.6. The van der Waals surface area contributed by atoms with Gasteiger partial charge in [0.15, 0.2) is 0 Å². The quantitative estimate of drug-likeness (QED) is 0.426. The minimum atomic E-state index is -0.268. The number of ether oxygens (including phenoxy) is 1. The van der Waals surface area contributed by atoms with Crippen molar-refractivity contribution in [3.63, 3.8) is 0 Å². The van der Waals surface area contributed by atoms with Gasteiger partial charge >= 0.3 is 0 Å². The number of hydrogen-bond acceptors (Lipinski definition) is 3. The van der Waals surface area contributed by atoms with Crippen molar-refractivity contribution in [3.8, 4) is 18.1 Å². The van der Waals surface area contributed by atoms with Gasteiger partial charge in [0.25, 0.3) is 0 Å². The largest absolute Gasteiger partial charge is 0.494 e. The van der Waals surface area contributed by atoms with Crippen LogP contribution in [0.4, 0.5) is 0 Å². The lowest BCUT2D eigenvalue weighted by Crippen LogP contribution is -2.26. The molecular weight excluding hydrogens is 176 g/mol. The predicted molar refractivity (Wildman–Crippen MR) is 56.5 cm³/mol. The molecule has 0 radical (unpaired) electrons. The molecule has 0 amide bonds. The summed E-state index contributed by atoms with van der Waals surface area (Å²) < 4.78 is 5.35. The van der Waals surface area contributed by atoms with Gasteiger partial charge in [0.05, 0.1) is 6.61 Å². The molecular formula is C11H14N2O. The minimum Gasteiger partial charge on any atom is -0.494 e. The van der Waals surface area contributed by atoms with Gasteiger partial charge in [0.2, 0.25) is 0 Å². The number of terminal acetylenes is 1. The highest BCUT2D eigenvalue weighted by Gasteiger charge is 2.05. The summed E-state index contributed by atoms with van der Waals surface area (Å²) in [4.78, 5) is 0. The van der Waals surface area contributed by atoms with Gasteiger partial charge in [-0.15, -0.1) is 6.42 Å². The van der Waals surface area contributed by atoms with Crippen LogP contribution in [0.3, 0.4) is 0 Å². The molecule has 3 heteroatoms. The molecule has 1 rings (SSSR count). The van der Waals surface area contributed by atoms with E-state index >= 15 is 0 Å². The molecule has 0 aliphatic heterocycles. The van der Waals surface area contributed by atoms with E-state index in [2.05, 4.69) is 11.3 Å². The van der Waals surface area contributed by atoms with E-state index in [4.69, 9.17) is 17.0 Å². The summed E-state index contributed by atoms with van der Waals surface area (Å²) in [6.07, 6.45) is 5.31. The Labute approximate surface area is 84.2 Å². The first-order valence-electron chi connectivity index (χ1n) is 4.46. The van der Waals surface area contributed by atoms with Crippen LogP contribution in [0, 0.1) is 12.3 Å². The van der Waals surface area contributed by atoms with E-state index < -0.39 is 0 Å². The van der Waals surface area contributed by atoms with Crippen LogP contribution >= 0.6 is 0 Å². The summed E-state index contributed by atoms with van der Waals surface area (Å²) in [5.74, 6) is 8.66. The average Bonchev–Trinajstić information content (AvgIpc) is 2.21. The van der Waals surface area contributed by atoms with Crippen molar-refractivity contribution in [3.05, 3.63) is 29.8 Å². The van der Waals surface area contributed by atoms with E-state index in [0.29, 0.717) is 6.61 Å². The molecule has 0 aromatic heterocycles. The van der Waals surface area contributed by atoms with Crippen molar-refractivity contribution in [2.45, 2.75) is 13.0 Å². The van der Waals surface area contributed by atoms with Crippen LogP contribution in [0.2, 0.25) is 0 Å². The van der Waals surface area contributed by atoms with Crippen molar-refractivity contribution in [1.82, 2.24) is 5.43 Å². The summed E-state index contributed by atoms with van der Waals surface area (Å²) in [7, 11) is 0. The van der Waals surface area contributed by atoms with Gasteiger partial charge in [0, 0.05) is 0 Å². The zero-order valence-electron chi connectivity index (χ0n) is 8.16. The lowest BCUT2D eigenvalue weighted by atomic mass is 10.1. The fourth-order valence-electron chi connectivity index (χ4n) is 1.19. The number of nitrogens with one attached hydrogen (secondary N) is 1. The third kappa shape index (κ3) is 2.49. The average molecular weight is 190 g/mol. The maximum atomic E-state index is 5.35. The van der Waals surface area contributed by atoms with Crippen LogP contribution in [-0.4, -0.2) is 6.61 Å². The summed E-state index contributed by atoms with van der Waals surface area (Å²) >= 11 is 0. The summed E-state index contributed by atoms with van der Waals surface area (Å²) in [5.41, 5.74) is 3.48. The molecule has 0 heterocycles. The van der Waals surface area contributed by atoms with E-state index in [1.807, 2.05) is 31.2 Å². The highest BCUT2D eigenvalue weighted by molar-refractivity contribution is 5.33. The standard InChI is InChI=1S/C11H14N2O/c1-3-11(13-12)9-6-5-7-10(8-9)14-4-2/h1,5-8,11,13H,4,12H2,2H3. The maximum Gasteiger partial charge on any atom is 0.119 e. The topological polar surface area (TPSA) is 47.3 Å². The Hall–Kier alpha value is -1.50. The van der Waals surface area contributed by atoms with Crippen molar-refractivity contribution in [2.24, 2.45) is 5.84 Å². The second-order valence-corrected chi connectivity index (χ2v) is 2.77. The lowest BCUT2D eigenvalue weighted by molar-refractivity contribution is 0.339. The maximum absolute atomic E-state index is 5.35. The molecule has 1 unspecified atom stereocenters. The van der Waals surface area contributed by atoms with Gasteiger partial charge in [0.1, 0.15) is 11.8 Å². The third-order valence-corrected chi connectivity index (χ3v) is 1.84. The Bertz CT molecular complexity index is 330. The molecule has 74 valence electrons. The lowest BCUT2D eigenvalue weighted by Gasteiger charge is -2.11. The van der Waals surface area contributed by atoms with Gasteiger partial charge in [-0.1, -0.05) is 18.1 Å². The molecule has 3 nitrogen and oxygen atoms in total. The van der Waals surface area contributed by atoms with Crippen molar-refractivity contribution in [2.75, 3.05) is 6.61 Å². The van der Waals surface area contributed by atoms with Crippen molar-refractivity contribution in [1.29, 1.82) is 0 Å². The molecule has 1 aromatic carbocycles. The van der Waals surface area contributed by atoms with Gasteiger partial charge in [-0.2, -0.15) is 0 Å². The fraction of sp³-hybridized carbons (Fsp3) is 0.273. The van der Waals surface area contributed by atoms with Crippen LogP contribution < -0.4 is 16.0 Å². The van der Waals surface area contributed by atoms with E-state index in [1.165, 1.54) is 0 Å². The normalized spacial score (nSPS) is 11.8. The van der Waals surface area contributed by atoms with Crippen molar-refractivity contribution < 1.29 is 4.74 Å². The molecule has 1 atom stereocenters. The van der Waals surface area contributed by atoms with E-state index in [0.717, 1.165) is 11.3 Å². The molecule has 0 saturated carbocycles. The van der Waals surface area contributed by atoms with Crippen LogP contribution in [-0.2, 0) is 0 Å². The molecule has 0 bridgehead atoms. The summed E-state index contributed by atoms with van der Waals surface area (Å²) in [6, 6.07) is 7.30. The molecule has 0 spiro atoms. The number of nitrogens with two attached hydrogens (primary N) is 1. The molecule has 3 N–H and O–H groups in total. The SMILES string of the molecule is C#CC(NN)c1cccc(OCC)c1. The summed E-state index contributed by atoms with van der Waals surface area (Å²) in [5, 5.41) is 0. The Morgan fingerprint density at radius 2 is 2.43 bits per heavy atom. The Morgan fingerprint density at radius 1 is 1.64 bits per heavy atom. The number of rotatable bonds is 4.